The number of amides is 1. The number of carboxylic acid groups (broad SMARTS) is 1. The summed E-state index contributed by atoms with van der Waals surface area (Å²) in [4.78, 5) is 41.3. The number of carbonyl (C=O) groups is 2. The van der Waals surface area contributed by atoms with E-state index in [0.717, 1.165) is 0 Å². The molecule has 0 bridgehead atoms. The fraction of sp³-hybridized carbons (Fsp3) is 0.800. The Bertz CT molecular complexity index is 371. The van der Waals surface area contributed by atoms with E-state index >= 15 is 0 Å². The van der Waals surface area contributed by atoms with Crippen molar-refractivity contribution in [3.8, 4) is 0 Å². The molecule has 0 aromatic heterocycles. The van der Waals surface area contributed by atoms with Crippen LogP contribution in [0.3, 0.4) is 0 Å². The average Bonchev–Trinajstić information content (AvgIpc) is 2.20. The summed E-state index contributed by atoms with van der Waals surface area (Å²) in [6, 6.07) is -0.583. The van der Waals surface area contributed by atoms with Crippen LogP contribution in [0.15, 0.2) is 0 Å². The van der Waals surface area contributed by atoms with Gasteiger partial charge in [0.1, 0.15) is 0 Å². The number of rotatable bonds is 4. The third-order valence-corrected chi connectivity index (χ3v) is 3.78. The summed E-state index contributed by atoms with van der Waals surface area (Å²) in [5.41, 5.74) is -0.741. The first kappa shape index (κ1) is 16.3. The van der Waals surface area contributed by atoms with Crippen LogP contribution >= 0.6 is 8.17 Å². The maximum atomic E-state index is 12.0. The van der Waals surface area contributed by atoms with E-state index in [1.54, 1.807) is 20.8 Å². The fourth-order valence-corrected chi connectivity index (χ4v) is 3.10. The van der Waals surface area contributed by atoms with Crippen molar-refractivity contribution < 1.29 is 33.5 Å². The van der Waals surface area contributed by atoms with E-state index in [2.05, 4.69) is 5.32 Å². The van der Waals surface area contributed by atoms with E-state index in [0.29, 0.717) is 0 Å². The Kier molecular flexibility index (Phi) is 4.86. The van der Waals surface area contributed by atoms with Gasteiger partial charge in [-0.2, -0.15) is 0 Å². The molecule has 0 spiro atoms. The second-order valence-electron chi connectivity index (χ2n) is 5.33. The van der Waals surface area contributed by atoms with Gasteiger partial charge in [0.25, 0.3) is 0 Å². The van der Waals surface area contributed by atoms with Gasteiger partial charge in [-0.25, -0.2) is 0 Å². The van der Waals surface area contributed by atoms with Gasteiger partial charge in [-0.1, -0.05) is 0 Å². The van der Waals surface area contributed by atoms with Crippen LogP contribution < -0.4 is 5.32 Å². The van der Waals surface area contributed by atoms with Crippen LogP contribution in [0.2, 0.25) is 0 Å². The first-order valence-electron chi connectivity index (χ1n) is 5.82. The zero-order valence-corrected chi connectivity index (χ0v) is 12.0. The second kappa shape index (κ2) is 5.68. The number of hydrogen-bond acceptors (Lipinski definition) is 6. The van der Waals surface area contributed by atoms with E-state index in [1.807, 2.05) is 0 Å². The van der Waals surface area contributed by atoms with E-state index in [-0.39, 0.29) is 13.0 Å². The van der Waals surface area contributed by atoms with E-state index in [1.165, 1.54) is 0 Å². The van der Waals surface area contributed by atoms with Gasteiger partial charge in [0.05, 0.1) is 0 Å². The van der Waals surface area contributed by atoms with Gasteiger partial charge < -0.3 is 0 Å². The molecule has 1 heterocycles. The van der Waals surface area contributed by atoms with Crippen molar-refractivity contribution in [1.82, 2.24) is 5.32 Å². The molecule has 1 fully saturated rings. The number of aliphatic carboxylic acids is 1. The number of carbonyl (C=O) groups excluding carboxylic acids is 1. The predicted molar refractivity (Wildman–Crippen MR) is 67.2 cm³/mol. The molecule has 1 saturated heterocycles. The monoisotopic (exact) mass is 297 g/mol. The second-order valence-corrected chi connectivity index (χ2v) is 6.95. The van der Waals surface area contributed by atoms with Crippen molar-refractivity contribution in [2.45, 2.75) is 39.3 Å². The molecule has 0 saturated carbocycles. The first-order chi connectivity index (χ1) is 8.53. The maximum absolute atomic E-state index is 12.0. The molecule has 1 aliphatic rings. The van der Waals surface area contributed by atoms with E-state index < -0.39 is 37.6 Å². The minimum atomic E-state index is -4.27. The third kappa shape index (κ3) is 4.67. The molecule has 0 aliphatic carbocycles. The molecule has 4 N–H and O–H groups in total. The molecule has 9 heteroatoms. The zero-order chi connectivity index (χ0) is 14.8. The Morgan fingerprint density at radius 2 is 2.05 bits per heavy atom. The standard InChI is InChI=1S/C10H20NO7P/c1-6(4-7(12)13)11-9(14)8-10(2,3)5-17-19(15,16)18-8/h6,8,15-16,19H,4-5H2,1-3H3,(H,11,14)(H,12,13). The summed E-state index contributed by atoms with van der Waals surface area (Å²) in [5, 5.41) is 11.1. The van der Waals surface area contributed by atoms with Crippen molar-refractivity contribution >= 4 is 20.0 Å². The first-order valence-corrected chi connectivity index (χ1v) is 7.53. The van der Waals surface area contributed by atoms with Gasteiger partial charge in [0, 0.05) is 0 Å². The van der Waals surface area contributed by atoms with Gasteiger partial charge >= 0.3 is 110 Å². The number of carboxylic acids is 1. The third-order valence-electron chi connectivity index (χ3n) is 2.72. The SMILES string of the molecule is CC(CC(=O)O)NC(=O)C1O[PH](O)(O)OCC1(C)C. The number of nitrogens with one attached hydrogen (secondary N) is 1. The molecule has 1 aliphatic heterocycles. The molecule has 8 nitrogen and oxygen atoms in total. The van der Waals surface area contributed by atoms with Gasteiger partial charge in [-0.15, -0.1) is 0 Å². The summed E-state index contributed by atoms with van der Waals surface area (Å²) < 4.78 is 9.71. The quantitative estimate of drug-likeness (QED) is 0.529. The van der Waals surface area contributed by atoms with Crippen LogP contribution in [0.5, 0.6) is 0 Å². The predicted octanol–water partition coefficient (Wildman–Crippen LogP) is -0.198. The van der Waals surface area contributed by atoms with Crippen LogP contribution in [0.4, 0.5) is 0 Å². The Hall–Kier alpha value is -0.790. The molecule has 1 amide bonds. The van der Waals surface area contributed by atoms with Crippen LogP contribution in [0, 0.1) is 5.41 Å². The summed E-state index contributed by atoms with van der Waals surface area (Å²) in [5.74, 6) is -1.62. The molecule has 0 aromatic rings. The number of hydrogen-bond donors (Lipinski definition) is 4. The Morgan fingerprint density at radius 3 is 2.58 bits per heavy atom. The van der Waals surface area contributed by atoms with Crippen LogP contribution in [0.25, 0.3) is 0 Å². The van der Waals surface area contributed by atoms with E-state index in [9.17, 15) is 19.4 Å². The van der Waals surface area contributed by atoms with Crippen LogP contribution in [-0.4, -0.2) is 45.5 Å². The molecular formula is C10H20NO7P. The Morgan fingerprint density at radius 1 is 1.47 bits per heavy atom. The molecule has 2 atom stereocenters. The van der Waals surface area contributed by atoms with Crippen LogP contribution in [-0.2, 0) is 18.6 Å². The molecule has 112 valence electrons. The Labute approximate surface area is 111 Å². The van der Waals surface area contributed by atoms with Crippen molar-refractivity contribution in [1.29, 1.82) is 0 Å². The fourth-order valence-electron chi connectivity index (χ4n) is 1.74. The van der Waals surface area contributed by atoms with Crippen molar-refractivity contribution in [2.24, 2.45) is 5.41 Å². The summed E-state index contributed by atoms with van der Waals surface area (Å²) in [7, 11) is -4.27. The summed E-state index contributed by atoms with van der Waals surface area (Å²) >= 11 is 0. The summed E-state index contributed by atoms with van der Waals surface area (Å²) in [6.45, 7) is 4.88. The van der Waals surface area contributed by atoms with Gasteiger partial charge in [0.2, 0.25) is 0 Å². The summed E-state index contributed by atoms with van der Waals surface area (Å²) in [6.07, 6.45) is -1.32. The molecule has 19 heavy (non-hydrogen) atoms. The van der Waals surface area contributed by atoms with Gasteiger partial charge in [0.15, 0.2) is 0 Å². The molecule has 2 unspecified atom stereocenters. The van der Waals surface area contributed by atoms with Crippen molar-refractivity contribution in [2.75, 3.05) is 6.61 Å². The topological polar surface area (TPSA) is 125 Å². The molecular weight excluding hydrogens is 277 g/mol. The van der Waals surface area contributed by atoms with Crippen LogP contribution in [0.1, 0.15) is 27.2 Å². The molecule has 0 aromatic carbocycles. The normalized spacial score (nSPS) is 28.2. The minimum absolute atomic E-state index is 0.0301. The van der Waals surface area contributed by atoms with Gasteiger partial charge in [-0.3, -0.25) is 0 Å². The molecule has 1 rings (SSSR count). The average molecular weight is 297 g/mol. The Balaban J connectivity index is 2.70. The zero-order valence-electron chi connectivity index (χ0n) is 11.0. The van der Waals surface area contributed by atoms with Gasteiger partial charge in [-0.05, 0) is 0 Å². The van der Waals surface area contributed by atoms with Crippen molar-refractivity contribution in [3.05, 3.63) is 0 Å². The van der Waals surface area contributed by atoms with E-state index in [4.69, 9.17) is 14.2 Å². The molecule has 0 radical (unpaired) electrons. The van der Waals surface area contributed by atoms with Crippen molar-refractivity contribution in [3.63, 3.8) is 0 Å².